The Kier molecular flexibility index (Phi) is 4.49. The molecule has 0 aromatic rings. The first-order valence-electron chi connectivity index (χ1n) is 7.09. The van der Waals surface area contributed by atoms with Crippen molar-refractivity contribution in [3.8, 4) is 0 Å². The lowest BCUT2D eigenvalue weighted by atomic mass is 9.80. The Morgan fingerprint density at radius 3 is 1.80 bits per heavy atom. The fraction of sp³-hybridized carbons (Fsp3) is 1.00. The third-order valence-electron chi connectivity index (χ3n) is 4.63. The van der Waals surface area contributed by atoms with Crippen LogP contribution in [-0.4, -0.2) is 13.1 Å². The van der Waals surface area contributed by atoms with Gasteiger partial charge in [-0.15, -0.1) is 0 Å². The van der Waals surface area contributed by atoms with Crippen LogP contribution in [0.2, 0.25) is 0 Å². The van der Waals surface area contributed by atoms with Gasteiger partial charge in [0.25, 0.3) is 0 Å². The van der Waals surface area contributed by atoms with E-state index in [1.54, 1.807) is 0 Å². The van der Waals surface area contributed by atoms with Gasteiger partial charge in [0.2, 0.25) is 0 Å². The summed E-state index contributed by atoms with van der Waals surface area (Å²) in [7, 11) is 0. The zero-order chi connectivity index (χ0) is 10.5. The molecule has 0 unspecified atom stereocenters. The highest BCUT2D eigenvalue weighted by molar-refractivity contribution is 4.76. The lowest BCUT2D eigenvalue weighted by Gasteiger charge is -2.30. The van der Waals surface area contributed by atoms with Crippen LogP contribution in [0.4, 0.5) is 0 Å². The highest BCUT2D eigenvalue weighted by atomic mass is 14.9. The first kappa shape index (κ1) is 11.4. The van der Waals surface area contributed by atoms with Crippen LogP contribution in [0, 0.1) is 17.8 Å². The minimum absolute atomic E-state index is 0.993. The largest absolute Gasteiger partial charge is 0.316 e. The second-order valence-electron chi connectivity index (χ2n) is 5.75. The first-order chi connectivity index (χ1) is 7.38. The molecule has 2 aliphatic rings. The molecule has 88 valence electrons. The molecule has 0 saturated heterocycles. The number of hydrogen-bond acceptors (Lipinski definition) is 1. The highest BCUT2D eigenvalue weighted by Crippen LogP contribution is 2.30. The van der Waals surface area contributed by atoms with Gasteiger partial charge >= 0.3 is 0 Å². The van der Waals surface area contributed by atoms with Crippen LogP contribution in [0.1, 0.15) is 58.3 Å². The summed E-state index contributed by atoms with van der Waals surface area (Å²) < 4.78 is 0. The summed E-state index contributed by atoms with van der Waals surface area (Å²) in [6.45, 7) is 4.94. The molecule has 0 amide bonds. The molecule has 0 radical (unpaired) electrons. The Labute approximate surface area is 95.0 Å². The monoisotopic (exact) mass is 209 g/mol. The van der Waals surface area contributed by atoms with Crippen LogP contribution < -0.4 is 5.32 Å². The summed E-state index contributed by atoms with van der Waals surface area (Å²) in [5.74, 6) is 3.07. The van der Waals surface area contributed by atoms with E-state index in [4.69, 9.17) is 0 Å². The van der Waals surface area contributed by atoms with Gasteiger partial charge in [-0.3, -0.25) is 0 Å². The van der Waals surface area contributed by atoms with Crippen LogP contribution in [0.15, 0.2) is 0 Å². The van der Waals surface area contributed by atoms with E-state index >= 15 is 0 Å². The minimum Gasteiger partial charge on any atom is -0.316 e. The minimum atomic E-state index is 0.993. The van der Waals surface area contributed by atoms with Crippen molar-refractivity contribution in [2.45, 2.75) is 58.3 Å². The standard InChI is InChI=1S/C14H27N/c1-2-12-6-8-14(9-7-12)11-15-10-13-4-3-5-13/h12-15H,2-11H2,1H3. The SMILES string of the molecule is CCC1CCC(CNCC2CCC2)CC1. The smallest absolute Gasteiger partial charge is 0.00204 e. The summed E-state index contributed by atoms with van der Waals surface area (Å²) in [6.07, 6.45) is 11.8. The second-order valence-corrected chi connectivity index (χ2v) is 5.75. The van der Waals surface area contributed by atoms with Gasteiger partial charge in [-0.1, -0.05) is 32.6 Å². The van der Waals surface area contributed by atoms with Crippen molar-refractivity contribution in [2.24, 2.45) is 17.8 Å². The quantitative estimate of drug-likeness (QED) is 0.729. The van der Waals surface area contributed by atoms with E-state index in [1.165, 1.54) is 64.5 Å². The maximum atomic E-state index is 3.69. The van der Waals surface area contributed by atoms with E-state index in [2.05, 4.69) is 12.2 Å². The zero-order valence-electron chi connectivity index (χ0n) is 10.3. The van der Waals surface area contributed by atoms with Gasteiger partial charge in [-0.05, 0) is 56.5 Å². The average molecular weight is 209 g/mol. The average Bonchev–Trinajstić information content (AvgIpc) is 2.23. The van der Waals surface area contributed by atoms with Gasteiger partial charge in [0.05, 0.1) is 0 Å². The molecule has 0 heterocycles. The highest BCUT2D eigenvalue weighted by Gasteiger charge is 2.21. The summed E-state index contributed by atoms with van der Waals surface area (Å²) in [4.78, 5) is 0. The van der Waals surface area contributed by atoms with E-state index in [-0.39, 0.29) is 0 Å². The number of rotatable bonds is 5. The molecule has 0 bridgehead atoms. The Morgan fingerprint density at radius 1 is 0.800 bits per heavy atom. The predicted octanol–water partition coefficient (Wildman–Crippen LogP) is 3.59. The topological polar surface area (TPSA) is 12.0 Å². The van der Waals surface area contributed by atoms with Crippen LogP contribution in [0.25, 0.3) is 0 Å². The van der Waals surface area contributed by atoms with Gasteiger partial charge < -0.3 is 5.32 Å². The third-order valence-corrected chi connectivity index (χ3v) is 4.63. The van der Waals surface area contributed by atoms with Crippen molar-refractivity contribution >= 4 is 0 Å². The number of hydrogen-bond donors (Lipinski definition) is 1. The number of nitrogens with one attached hydrogen (secondary N) is 1. The molecule has 15 heavy (non-hydrogen) atoms. The summed E-state index contributed by atoms with van der Waals surface area (Å²) in [5.41, 5.74) is 0. The van der Waals surface area contributed by atoms with E-state index in [0.717, 1.165) is 17.8 Å². The maximum absolute atomic E-state index is 3.69. The van der Waals surface area contributed by atoms with Crippen molar-refractivity contribution in [2.75, 3.05) is 13.1 Å². The molecule has 0 atom stereocenters. The summed E-state index contributed by atoms with van der Waals surface area (Å²) in [6, 6.07) is 0. The van der Waals surface area contributed by atoms with Crippen molar-refractivity contribution in [3.05, 3.63) is 0 Å². The van der Waals surface area contributed by atoms with Crippen LogP contribution in [-0.2, 0) is 0 Å². The van der Waals surface area contributed by atoms with E-state index in [0.29, 0.717) is 0 Å². The molecule has 1 nitrogen and oxygen atoms in total. The molecule has 2 rings (SSSR count). The molecular formula is C14H27N. The molecular weight excluding hydrogens is 182 g/mol. The molecule has 1 N–H and O–H groups in total. The summed E-state index contributed by atoms with van der Waals surface area (Å²) in [5, 5.41) is 3.69. The van der Waals surface area contributed by atoms with Gasteiger partial charge in [0.15, 0.2) is 0 Å². The van der Waals surface area contributed by atoms with Crippen LogP contribution >= 0.6 is 0 Å². The third kappa shape index (κ3) is 3.48. The fourth-order valence-corrected chi connectivity index (χ4v) is 3.03. The predicted molar refractivity (Wildman–Crippen MR) is 65.9 cm³/mol. The molecule has 2 saturated carbocycles. The Hall–Kier alpha value is -0.0400. The van der Waals surface area contributed by atoms with Crippen molar-refractivity contribution in [1.82, 2.24) is 5.32 Å². The molecule has 0 spiro atoms. The lowest BCUT2D eigenvalue weighted by molar-refractivity contribution is 0.246. The molecule has 2 aliphatic carbocycles. The Balaban J connectivity index is 1.52. The second kappa shape index (κ2) is 5.89. The molecule has 0 aliphatic heterocycles. The van der Waals surface area contributed by atoms with Crippen molar-refractivity contribution in [1.29, 1.82) is 0 Å². The first-order valence-corrected chi connectivity index (χ1v) is 7.09. The molecule has 2 fully saturated rings. The molecule has 1 heteroatoms. The van der Waals surface area contributed by atoms with Gasteiger partial charge in [-0.25, -0.2) is 0 Å². The van der Waals surface area contributed by atoms with Crippen LogP contribution in [0.5, 0.6) is 0 Å². The zero-order valence-corrected chi connectivity index (χ0v) is 10.3. The van der Waals surface area contributed by atoms with E-state index in [1.807, 2.05) is 0 Å². The normalized spacial score (nSPS) is 32.6. The van der Waals surface area contributed by atoms with Crippen molar-refractivity contribution < 1.29 is 0 Å². The van der Waals surface area contributed by atoms with Crippen LogP contribution in [0.3, 0.4) is 0 Å². The Bertz CT molecular complexity index is 166. The van der Waals surface area contributed by atoms with E-state index < -0.39 is 0 Å². The fourth-order valence-electron chi connectivity index (χ4n) is 3.03. The summed E-state index contributed by atoms with van der Waals surface area (Å²) >= 11 is 0. The van der Waals surface area contributed by atoms with Gasteiger partial charge in [0.1, 0.15) is 0 Å². The van der Waals surface area contributed by atoms with E-state index in [9.17, 15) is 0 Å². The molecule has 0 aromatic heterocycles. The maximum Gasteiger partial charge on any atom is -0.00204 e. The van der Waals surface area contributed by atoms with Crippen molar-refractivity contribution in [3.63, 3.8) is 0 Å². The Morgan fingerprint density at radius 2 is 1.33 bits per heavy atom. The van der Waals surface area contributed by atoms with Gasteiger partial charge in [0, 0.05) is 0 Å². The lowest BCUT2D eigenvalue weighted by Crippen LogP contribution is -2.32. The molecule has 0 aromatic carbocycles. The van der Waals surface area contributed by atoms with Gasteiger partial charge in [-0.2, -0.15) is 0 Å².